The van der Waals surface area contributed by atoms with Gasteiger partial charge in [0.15, 0.2) is 0 Å². The smallest absolute Gasteiger partial charge is 0.414 e. The molecule has 4 rings (SSSR count). The Bertz CT molecular complexity index is 1180. The molecule has 2 aromatic rings. The minimum atomic E-state index is -0.993. The molecule has 0 radical (unpaired) electrons. The van der Waals surface area contributed by atoms with Crippen LogP contribution in [0.2, 0.25) is 0 Å². The molecule has 11 nitrogen and oxygen atoms in total. The molecule has 2 saturated heterocycles. The van der Waals surface area contributed by atoms with Gasteiger partial charge < -0.3 is 15.0 Å². The lowest BCUT2D eigenvalue weighted by molar-refractivity contribution is -0.119. The number of nitrogens with one attached hydrogen (secondary N) is 3. The summed E-state index contributed by atoms with van der Waals surface area (Å²) in [5, 5.41) is 12.4. The van der Waals surface area contributed by atoms with E-state index in [9.17, 15) is 19.6 Å². The normalized spacial score (nSPS) is 18.8. The van der Waals surface area contributed by atoms with Crippen LogP contribution in [0.5, 0.6) is 0 Å². The van der Waals surface area contributed by atoms with Crippen LogP contribution in [0.1, 0.15) is 30.1 Å². The van der Waals surface area contributed by atoms with Gasteiger partial charge in [-0.05, 0) is 43.2 Å². The van der Waals surface area contributed by atoms with Crippen LogP contribution < -0.4 is 26.0 Å². The zero-order valence-corrected chi connectivity index (χ0v) is 19.7. The molecule has 36 heavy (non-hydrogen) atoms. The molecule has 0 bridgehead atoms. The lowest BCUT2D eigenvalue weighted by Crippen LogP contribution is -2.58. The molecule has 0 saturated carbocycles. The number of nitriles is 1. The van der Waals surface area contributed by atoms with Crippen molar-refractivity contribution < 1.29 is 23.5 Å². The maximum atomic E-state index is 15.1. The van der Waals surface area contributed by atoms with Crippen LogP contribution in [0, 0.1) is 17.1 Å². The Balaban J connectivity index is 1.35. The molecule has 1 unspecified atom stereocenters. The van der Waals surface area contributed by atoms with Gasteiger partial charge in [0.1, 0.15) is 17.5 Å². The van der Waals surface area contributed by atoms with Crippen molar-refractivity contribution in [2.75, 3.05) is 36.0 Å². The van der Waals surface area contributed by atoms with Gasteiger partial charge in [0.2, 0.25) is 5.91 Å². The highest BCUT2D eigenvalue weighted by atomic mass is 19.1. The Kier molecular flexibility index (Phi) is 7.30. The summed E-state index contributed by atoms with van der Waals surface area (Å²) < 4.78 is 20.3. The van der Waals surface area contributed by atoms with E-state index < -0.39 is 29.5 Å². The number of piperidine rings is 1. The molecule has 2 fully saturated rings. The quantitative estimate of drug-likeness (QED) is 0.491. The Morgan fingerprint density at radius 1 is 1.31 bits per heavy atom. The van der Waals surface area contributed by atoms with Crippen LogP contribution in [0.3, 0.4) is 0 Å². The first-order chi connectivity index (χ1) is 17.3. The average Bonchev–Trinajstić information content (AvgIpc) is 3.27. The molecule has 188 valence electrons. The fourth-order valence-electron chi connectivity index (χ4n) is 4.16. The van der Waals surface area contributed by atoms with Crippen molar-refractivity contribution in [2.24, 2.45) is 0 Å². The molecule has 0 aliphatic carbocycles. The summed E-state index contributed by atoms with van der Waals surface area (Å²) in [7, 11) is 0. The summed E-state index contributed by atoms with van der Waals surface area (Å²) in [4.78, 5) is 42.6. The summed E-state index contributed by atoms with van der Waals surface area (Å²) in [6.45, 7) is 2.51. The van der Waals surface area contributed by atoms with Crippen molar-refractivity contribution in [3.05, 3.63) is 54.1 Å². The minimum absolute atomic E-state index is 0.184. The lowest BCUT2D eigenvalue weighted by Gasteiger charge is -2.39. The molecular formula is C24H26FN7O4. The number of hydrogen-bond acceptors (Lipinski definition) is 8. The minimum Gasteiger partial charge on any atom is -0.442 e. The largest absolute Gasteiger partial charge is 0.442 e. The highest BCUT2D eigenvalue weighted by Gasteiger charge is 2.37. The molecule has 12 heteroatoms. The number of cyclic esters (lactones) is 1. The predicted molar refractivity (Wildman–Crippen MR) is 127 cm³/mol. The number of carbonyl (C=O) groups is 3. The van der Waals surface area contributed by atoms with E-state index in [0.29, 0.717) is 42.9 Å². The lowest BCUT2D eigenvalue weighted by atomic mass is 9.89. The summed E-state index contributed by atoms with van der Waals surface area (Å²) in [6, 6.07) is 10.00. The average molecular weight is 496 g/mol. The fourth-order valence-corrected chi connectivity index (χ4v) is 4.16. The van der Waals surface area contributed by atoms with Gasteiger partial charge in [-0.2, -0.15) is 5.26 Å². The number of aromatic nitrogens is 1. The van der Waals surface area contributed by atoms with Gasteiger partial charge >= 0.3 is 6.09 Å². The molecule has 2 aliphatic rings. The highest BCUT2D eigenvalue weighted by Crippen LogP contribution is 2.31. The van der Waals surface area contributed by atoms with Gasteiger partial charge in [-0.1, -0.05) is 0 Å². The third-order valence-electron chi connectivity index (χ3n) is 6.21. The van der Waals surface area contributed by atoms with Crippen LogP contribution in [-0.2, 0) is 9.53 Å². The molecule has 3 heterocycles. The van der Waals surface area contributed by atoms with Crippen LogP contribution in [-0.4, -0.2) is 60.7 Å². The van der Waals surface area contributed by atoms with Gasteiger partial charge in [0.05, 0.1) is 36.1 Å². The number of nitrogens with zero attached hydrogens (tertiary/aromatic N) is 4. The third-order valence-corrected chi connectivity index (χ3v) is 6.21. The molecule has 1 aromatic carbocycles. The Labute approximate surface area is 207 Å². The van der Waals surface area contributed by atoms with E-state index in [1.807, 2.05) is 4.90 Å². The third kappa shape index (κ3) is 5.52. The van der Waals surface area contributed by atoms with Gasteiger partial charge in [-0.3, -0.25) is 24.9 Å². The Hall–Kier alpha value is -4.24. The van der Waals surface area contributed by atoms with E-state index in [2.05, 4.69) is 27.2 Å². The second-order valence-corrected chi connectivity index (χ2v) is 8.69. The van der Waals surface area contributed by atoms with Crippen molar-refractivity contribution in [3.63, 3.8) is 0 Å². The van der Waals surface area contributed by atoms with E-state index in [-0.39, 0.29) is 19.0 Å². The zero-order chi connectivity index (χ0) is 25.7. The van der Waals surface area contributed by atoms with Crippen molar-refractivity contribution >= 4 is 29.3 Å². The van der Waals surface area contributed by atoms with Crippen LogP contribution >= 0.6 is 0 Å². The van der Waals surface area contributed by atoms with E-state index in [1.54, 1.807) is 30.5 Å². The molecule has 3 N–H and O–H groups in total. The summed E-state index contributed by atoms with van der Waals surface area (Å²) in [5.74, 6) is -1.14. The maximum Gasteiger partial charge on any atom is 0.414 e. The van der Waals surface area contributed by atoms with Crippen molar-refractivity contribution in [2.45, 2.75) is 31.4 Å². The molecule has 1 atom stereocenters. The summed E-state index contributed by atoms with van der Waals surface area (Å²) in [6.07, 6.45) is 2.56. The maximum absolute atomic E-state index is 15.1. The monoisotopic (exact) mass is 495 g/mol. The number of amides is 3. The van der Waals surface area contributed by atoms with Crippen LogP contribution in [0.4, 0.5) is 20.6 Å². The van der Waals surface area contributed by atoms with Crippen molar-refractivity contribution in [3.8, 4) is 6.07 Å². The van der Waals surface area contributed by atoms with Crippen molar-refractivity contribution in [1.82, 2.24) is 21.2 Å². The van der Waals surface area contributed by atoms with E-state index in [0.717, 1.165) is 0 Å². The molecular weight excluding hydrogens is 469 g/mol. The van der Waals surface area contributed by atoms with E-state index in [1.165, 1.54) is 24.1 Å². The molecule has 1 aromatic heterocycles. The Morgan fingerprint density at radius 2 is 2.08 bits per heavy atom. The number of pyridine rings is 1. The number of halogens is 1. The number of rotatable bonds is 7. The highest BCUT2D eigenvalue weighted by molar-refractivity contribution is 5.93. The number of ether oxygens (including phenoxy) is 1. The molecule has 3 amide bonds. The Morgan fingerprint density at radius 3 is 2.72 bits per heavy atom. The van der Waals surface area contributed by atoms with Gasteiger partial charge in [0.25, 0.3) is 5.91 Å². The van der Waals surface area contributed by atoms with Gasteiger partial charge in [-0.15, -0.1) is 0 Å². The number of carbonyl (C=O) groups excluding carboxylic acids is 3. The summed E-state index contributed by atoms with van der Waals surface area (Å²) in [5.41, 5.74) is 5.50. The molecule has 0 spiro atoms. The number of hydrazine groups is 1. The summed E-state index contributed by atoms with van der Waals surface area (Å²) >= 11 is 0. The zero-order valence-electron chi connectivity index (χ0n) is 19.7. The van der Waals surface area contributed by atoms with Crippen LogP contribution in [0.25, 0.3) is 0 Å². The first kappa shape index (κ1) is 24.9. The molecule has 2 aliphatic heterocycles. The standard InChI is InChI=1S/C24H26FN7O4/c1-16(33)28-13-19-14-32(23(35)36-19)18-4-5-21(20(25)11-18)31-9-6-24(15-26,7-10-31)30-29-22(34)17-3-2-8-27-12-17/h2-5,8,11-12,19,30H,6-7,9-10,13-14H2,1H3,(H,28,33)(H,29,34). The van der Waals surface area contributed by atoms with Gasteiger partial charge in [0, 0.05) is 32.4 Å². The first-order valence-electron chi connectivity index (χ1n) is 11.5. The van der Waals surface area contributed by atoms with E-state index in [4.69, 9.17) is 4.74 Å². The first-order valence-corrected chi connectivity index (χ1v) is 11.5. The van der Waals surface area contributed by atoms with Crippen molar-refractivity contribution in [1.29, 1.82) is 5.26 Å². The second kappa shape index (κ2) is 10.6. The number of benzene rings is 1. The SMILES string of the molecule is CC(=O)NCC1CN(c2ccc(N3CCC(C#N)(NNC(=O)c4cccnc4)CC3)c(F)c2)C(=O)O1. The van der Waals surface area contributed by atoms with E-state index >= 15 is 4.39 Å². The second-order valence-electron chi connectivity index (χ2n) is 8.69. The number of hydrogen-bond donors (Lipinski definition) is 3. The topological polar surface area (TPSA) is 140 Å². The fraction of sp³-hybridized carbons (Fsp3) is 0.375. The number of anilines is 2. The van der Waals surface area contributed by atoms with Crippen LogP contribution in [0.15, 0.2) is 42.7 Å². The van der Waals surface area contributed by atoms with Gasteiger partial charge in [-0.25, -0.2) is 14.6 Å². The predicted octanol–water partition coefficient (Wildman–Crippen LogP) is 1.48.